The first-order valence-corrected chi connectivity index (χ1v) is 5.10. The van der Waals surface area contributed by atoms with Crippen molar-refractivity contribution in [2.24, 2.45) is 0 Å². The number of furan rings is 1. The number of nitrogens with zero attached hydrogens (tertiary/aromatic N) is 1. The zero-order chi connectivity index (χ0) is 11.5. The second-order valence-corrected chi connectivity index (χ2v) is 3.81. The van der Waals surface area contributed by atoms with Crippen molar-refractivity contribution < 1.29 is 18.7 Å². The van der Waals surface area contributed by atoms with E-state index in [2.05, 4.69) is 4.98 Å². The first-order valence-electron chi connectivity index (χ1n) is 4.28. The third-order valence-electron chi connectivity index (χ3n) is 1.71. The van der Waals surface area contributed by atoms with E-state index in [1.807, 2.05) is 0 Å². The van der Waals surface area contributed by atoms with Gasteiger partial charge >= 0.3 is 5.97 Å². The fourth-order valence-corrected chi connectivity index (χ4v) is 1.77. The van der Waals surface area contributed by atoms with Crippen LogP contribution in [0.2, 0.25) is 0 Å². The molecule has 0 aliphatic heterocycles. The predicted molar refractivity (Wildman–Crippen MR) is 54.0 cm³/mol. The molecule has 0 saturated heterocycles. The molecule has 0 saturated carbocycles. The van der Waals surface area contributed by atoms with Crippen LogP contribution in [0.3, 0.4) is 0 Å². The Kier molecular flexibility index (Phi) is 2.91. The van der Waals surface area contributed by atoms with Crippen LogP contribution in [0.1, 0.15) is 10.6 Å². The topological polar surface area (TPSA) is 63.3 Å². The first-order chi connectivity index (χ1) is 7.66. The van der Waals surface area contributed by atoms with Gasteiger partial charge in [0.15, 0.2) is 10.9 Å². The highest BCUT2D eigenvalue weighted by Gasteiger charge is 2.12. The van der Waals surface area contributed by atoms with E-state index in [1.165, 1.54) is 30.5 Å². The van der Waals surface area contributed by atoms with Crippen LogP contribution in [0.25, 0.3) is 0 Å². The van der Waals surface area contributed by atoms with Gasteiger partial charge in [-0.25, -0.2) is 14.2 Å². The van der Waals surface area contributed by atoms with Crippen LogP contribution >= 0.6 is 11.8 Å². The summed E-state index contributed by atoms with van der Waals surface area (Å²) in [6.45, 7) is 0. The number of carboxylic acid groups (broad SMARTS) is 1. The fraction of sp³-hybridized carbons (Fsp3) is 0. The fourth-order valence-electron chi connectivity index (χ4n) is 1.03. The van der Waals surface area contributed by atoms with Crippen molar-refractivity contribution in [3.8, 4) is 0 Å². The number of carboxylic acids is 1. The number of hydrogen-bond acceptors (Lipinski definition) is 4. The van der Waals surface area contributed by atoms with Crippen molar-refractivity contribution in [2.45, 2.75) is 10.1 Å². The number of pyridine rings is 1. The van der Waals surface area contributed by atoms with Gasteiger partial charge in [-0.2, -0.15) is 0 Å². The molecule has 0 radical (unpaired) electrons. The number of hydrogen-bond donors (Lipinski definition) is 1. The number of halogens is 1. The van der Waals surface area contributed by atoms with E-state index in [1.54, 1.807) is 0 Å². The Hall–Kier alpha value is -1.82. The molecule has 0 spiro atoms. The Bertz CT molecular complexity index is 526. The molecular weight excluding hydrogens is 233 g/mol. The Morgan fingerprint density at radius 1 is 1.44 bits per heavy atom. The molecule has 2 aromatic rings. The minimum Gasteiger partial charge on any atom is -0.475 e. The van der Waals surface area contributed by atoms with Gasteiger partial charge in [0.2, 0.25) is 5.76 Å². The van der Waals surface area contributed by atoms with Gasteiger partial charge in [-0.1, -0.05) is 0 Å². The molecule has 82 valence electrons. The second kappa shape index (κ2) is 4.36. The highest BCUT2D eigenvalue weighted by Crippen LogP contribution is 2.29. The standard InChI is InChI=1S/C10H6FNO3S/c11-6-2-1-5-12-9(6)16-8-4-3-7(15-8)10(13)14/h1-5H,(H,13,14). The van der Waals surface area contributed by atoms with E-state index in [0.717, 1.165) is 11.8 Å². The molecule has 0 aliphatic carbocycles. The third kappa shape index (κ3) is 2.22. The Morgan fingerprint density at radius 3 is 2.88 bits per heavy atom. The zero-order valence-electron chi connectivity index (χ0n) is 7.88. The molecule has 1 N–H and O–H groups in total. The van der Waals surface area contributed by atoms with Crippen LogP contribution in [0.4, 0.5) is 4.39 Å². The molecule has 2 rings (SSSR count). The minimum atomic E-state index is -1.16. The molecule has 16 heavy (non-hydrogen) atoms. The van der Waals surface area contributed by atoms with Crippen molar-refractivity contribution in [1.82, 2.24) is 4.98 Å². The highest BCUT2D eigenvalue weighted by molar-refractivity contribution is 7.99. The van der Waals surface area contributed by atoms with Gasteiger partial charge in [-0.05, 0) is 36.0 Å². The smallest absolute Gasteiger partial charge is 0.371 e. The van der Waals surface area contributed by atoms with Crippen LogP contribution in [0, 0.1) is 5.82 Å². The summed E-state index contributed by atoms with van der Waals surface area (Å²) in [7, 11) is 0. The average Bonchev–Trinajstić information content (AvgIpc) is 2.70. The Morgan fingerprint density at radius 2 is 2.25 bits per heavy atom. The van der Waals surface area contributed by atoms with Gasteiger partial charge in [-0.15, -0.1) is 0 Å². The van der Waals surface area contributed by atoms with Gasteiger partial charge in [-0.3, -0.25) is 0 Å². The monoisotopic (exact) mass is 239 g/mol. The van der Waals surface area contributed by atoms with Crippen molar-refractivity contribution in [3.05, 3.63) is 42.0 Å². The van der Waals surface area contributed by atoms with Crippen molar-refractivity contribution in [3.63, 3.8) is 0 Å². The number of rotatable bonds is 3. The van der Waals surface area contributed by atoms with Crippen LogP contribution in [-0.4, -0.2) is 16.1 Å². The largest absolute Gasteiger partial charge is 0.475 e. The minimum absolute atomic E-state index is 0.147. The molecular formula is C10H6FNO3S. The summed E-state index contributed by atoms with van der Waals surface area (Å²) in [4.78, 5) is 14.3. The van der Waals surface area contributed by atoms with Crippen LogP contribution in [0.15, 0.2) is 45.0 Å². The molecule has 2 aromatic heterocycles. The molecule has 0 atom stereocenters. The van der Waals surface area contributed by atoms with E-state index >= 15 is 0 Å². The number of aromatic carboxylic acids is 1. The third-order valence-corrected chi connectivity index (χ3v) is 2.63. The van der Waals surface area contributed by atoms with E-state index in [0.29, 0.717) is 0 Å². The number of aromatic nitrogens is 1. The van der Waals surface area contributed by atoms with Gasteiger partial charge in [0.1, 0.15) is 5.03 Å². The summed E-state index contributed by atoms with van der Waals surface area (Å²) < 4.78 is 18.2. The summed E-state index contributed by atoms with van der Waals surface area (Å²) in [5.41, 5.74) is 0. The summed E-state index contributed by atoms with van der Waals surface area (Å²) in [5.74, 6) is -1.81. The Labute approximate surface area is 94.1 Å². The normalized spacial score (nSPS) is 10.3. The average molecular weight is 239 g/mol. The van der Waals surface area contributed by atoms with E-state index in [-0.39, 0.29) is 15.9 Å². The molecule has 0 fully saturated rings. The maximum Gasteiger partial charge on any atom is 0.371 e. The summed E-state index contributed by atoms with van der Waals surface area (Å²) in [6, 6.07) is 5.52. The lowest BCUT2D eigenvalue weighted by Crippen LogP contribution is -1.91. The maximum atomic E-state index is 13.2. The van der Waals surface area contributed by atoms with E-state index < -0.39 is 11.8 Å². The lowest BCUT2D eigenvalue weighted by atomic mass is 10.5. The van der Waals surface area contributed by atoms with Crippen molar-refractivity contribution in [2.75, 3.05) is 0 Å². The quantitative estimate of drug-likeness (QED) is 0.892. The SMILES string of the molecule is O=C(O)c1ccc(Sc2ncccc2F)o1. The number of carbonyl (C=O) groups is 1. The molecule has 0 aliphatic rings. The molecule has 0 aromatic carbocycles. The lowest BCUT2D eigenvalue weighted by molar-refractivity contribution is 0.0656. The van der Waals surface area contributed by atoms with E-state index in [4.69, 9.17) is 9.52 Å². The predicted octanol–water partition coefficient (Wildman–Crippen LogP) is 2.66. The molecule has 6 heteroatoms. The van der Waals surface area contributed by atoms with Gasteiger partial charge in [0, 0.05) is 6.20 Å². The van der Waals surface area contributed by atoms with Gasteiger partial charge in [0.05, 0.1) is 0 Å². The molecule has 4 nitrogen and oxygen atoms in total. The molecule has 0 amide bonds. The second-order valence-electron chi connectivity index (χ2n) is 2.82. The first kappa shape index (κ1) is 10.7. The molecule has 0 bridgehead atoms. The lowest BCUT2D eigenvalue weighted by Gasteiger charge is -1.97. The maximum absolute atomic E-state index is 13.2. The van der Waals surface area contributed by atoms with Gasteiger partial charge in [0.25, 0.3) is 0 Å². The molecule has 2 heterocycles. The van der Waals surface area contributed by atoms with Crippen LogP contribution in [-0.2, 0) is 0 Å². The van der Waals surface area contributed by atoms with Crippen LogP contribution < -0.4 is 0 Å². The summed E-state index contributed by atoms with van der Waals surface area (Å²) in [5, 5.41) is 9.06. The van der Waals surface area contributed by atoms with Crippen molar-refractivity contribution in [1.29, 1.82) is 0 Å². The van der Waals surface area contributed by atoms with Crippen molar-refractivity contribution >= 4 is 17.7 Å². The highest BCUT2D eigenvalue weighted by atomic mass is 32.2. The summed E-state index contributed by atoms with van der Waals surface area (Å²) in [6.07, 6.45) is 1.45. The summed E-state index contributed by atoms with van der Waals surface area (Å²) >= 11 is 0.936. The Balaban J connectivity index is 2.21. The van der Waals surface area contributed by atoms with Gasteiger partial charge < -0.3 is 9.52 Å². The molecule has 0 unspecified atom stereocenters. The van der Waals surface area contributed by atoms with E-state index in [9.17, 15) is 9.18 Å². The zero-order valence-corrected chi connectivity index (χ0v) is 8.70. The van der Waals surface area contributed by atoms with Crippen LogP contribution in [0.5, 0.6) is 0 Å².